The summed E-state index contributed by atoms with van der Waals surface area (Å²) in [7, 11) is 0. The van der Waals surface area contributed by atoms with E-state index in [1.54, 1.807) is 6.92 Å². The minimum absolute atomic E-state index is 0.00787. The maximum absolute atomic E-state index is 14.0. The molecule has 37 heavy (non-hydrogen) atoms. The van der Waals surface area contributed by atoms with Crippen LogP contribution in [0.2, 0.25) is 0 Å². The molecule has 0 unspecified atom stereocenters. The van der Waals surface area contributed by atoms with Crippen LogP contribution in [0.25, 0.3) is 0 Å². The van der Waals surface area contributed by atoms with E-state index in [4.69, 9.17) is 9.47 Å². The lowest BCUT2D eigenvalue weighted by Gasteiger charge is -2.68. The molecule has 0 aromatic rings. The third kappa shape index (κ3) is 3.95. The van der Waals surface area contributed by atoms with Crippen LogP contribution < -0.4 is 0 Å². The molecule has 6 nitrogen and oxygen atoms in total. The fraction of sp³-hybridized carbons (Fsp3) is 0.806. The standard InChI is InChI=1S/C31H46O6/c1-7-9-10-26(35)37-31(24(33)20-36-25(34)8-2)18-16-29(5)23-12-11-21-19-22(32)13-14-27(21,3)28(23,4)15-17-30(29,31)6/h19,23H,7-18,20H2,1-6H3/t23-,27+,28+,29+,30+,31+/m1/s1. The van der Waals surface area contributed by atoms with Crippen molar-refractivity contribution >= 4 is 23.5 Å². The second-order valence-electron chi connectivity index (χ2n) is 13.1. The normalized spacial score (nSPS) is 40.6. The van der Waals surface area contributed by atoms with Crippen LogP contribution in [0.1, 0.15) is 119 Å². The molecule has 4 aliphatic rings. The van der Waals surface area contributed by atoms with E-state index < -0.39 is 17.0 Å². The number of hydrogen-bond acceptors (Lipinski definition) is 6. The van der Waals surface area contributed by atoms with Gasteiger partial charge in [-0.05, 0) is 79.6 Å². The minimum atomic E-state index is -1.29. The van der Waals surface area contributed by atoms with Crippen LogP contribution in [0.4, 0.5) is 0 Å². The molecule has 6 atom stereocenters. The molecular formula is C31H46O6. The van der Waals surface area contributed by atoms with E-state index >= 15 is 0 Å². The summed E-state index contributed by atoms with van der Waals surface area (Å²) in [4.78, 5) is 51.3. The molecule has 0 N–H and O–H groups in total. The summed E-state index contributed by atoms with van der Waals surface area (Å²) in [6.45, 7) is 12.6. The molecule has 4 rings (SSSR count). The van der Waals surface area contributed by atoms with Crippen LogP contribution in [-0.4, -0.2) is 35.7 Å². The number of allylic oxidation sites excluding steroid dienone is 1. The number of hydrogen-bond donors (Lipinski definition) is 0. The highest BCUT2D eigenvalue weighted by molar-refractivity contribution is 5.93. The number of rotatable bonds is 8. The van der Waals surface area contributed by atoms with Gasteiger partial charge in [-0.1, -0.05) is 53.5 Å². The van der Waals surface area contributed by atoms with Gasteiger partial charge in [0.15, 0.2) is 18.0 Å². The molecule has 3 fully saturated rings. The summed E-state index contributed by atoms with van der Waals surface area (Å²) in [6.07, 6.45) is 10.2. The van der Waals surface area contributed by atoms with Gasteiger partial charge >= 0.3 is 11.9 Å². The molecule has 0 saturated heterocycles. The Labute approximate surface area is 222 Å². The Balaban J connectivity index is 1.74. The van der Waals surface area contributed by atoms with Crippen LogP contribution in [0.5, 0.6) is 0 Å². The van der Waals surface area contributed by atoms with Crippen molar-refractivity contribution in [1.29, 1.82) is 0 Å². The van der Waals surface area contributed by atoms with Crippen LogP contribution in [0.3, 0.4) is 0 Å². The molecule has 0 heterocycles. The number of esters is 2. The topological polar surface area (TPSA) is 86.7 Å². The second kappa shape index (κ2) is 9.64. The van der Waals surface area contributed by atoms with E-state index in [0.29, 0.717) is 18.8 Å². The smallest absolute Gasteiger partial charge is 0.306 e. The first kappa shape index (κ1) is 28.0. The fourth-order valence-corrected chi connectivity index (χ4v) is 9.04. The highest BCUT2D eigenvalue weighted by Gasteiger charge is 2.75. The Morgan fingerprint density at radius 2 is 1.62 bits per heavy atom. The van der Waals surface area contributed by atoms with Gasteiger partial charge in [-0.15, -0.1) is 0 Å². The molecule has 0 amide bonds. The zero-order chi connectivity index (χ0) is 27.3. The molecule has 0 aliphatic heterocycles. The highest BCUT2D eigenvalue weighted by atomic mass is 16.6. The fourth-order valence-electron chi connectivity index (χ4n) is 9.04. The summed E-state index contributed by atoms with van der Waals surface area (Å²) in [6, 6.07) is 0. The van der Waals surface area contributed by atoms with Crippen molar-refractivity contribution in [2.45, 2.75) is 124 Å². The van der Waals surface area contributed by atoms with Crippen molar-refractivity contribution in [2.24, 2.45) is 27.6 Å². The first-order valence-corrected chi connectivity index (χ1v) is 14.5. The molecule has 4 aliphatic carbocycles. The van der Waals surface area contributed by atoms with Crippen molar-refractivity contribution in [2.75, 3.05) is 6.61 Å². The Morgan fingerprint density at radius 1 is 0.919 bits per heavy atom. The predicted octanol–water partition coefficient (Wildman–Crippen LogP) is 6.29. The Bertz CT molecular complexity index is 1010. The van der Waals surface area contributed by atoms with E-state index in [0.717, 1.165) is 51.4 Å². The van der Waals surface area contributed by atoms with Crippen LogP contribution in [0.15, 0.2) is 11.6 Å². The SMILES string of the molecule is CCCCC(=O)O[C@]1(C(=O)COC(=O)CC)CC[C@@]2(C)[C@@H]3CCC4=CC(=O)CC[C@]4(C)[C@@]3(C)CC[C@]12C. The molecule has 6 heteroatoms. The van der Waals surface area contributed by atoms with Crippen molar-refractivity contribution in [3.8, 4) is 0 Å². The molecule has 0 radical (unpaired) electrons. The lowest BCUT2D eigenvalue weighted by Crippen LogP contribution is -2.66. The first-order valence-electron chi connectivity index (χ1n) is 14.5. The number of ether oxygens (including phenoxy) is 2. The molecule has 0 aromatic carbocycles. The minimum Gasteiger partial charge on any atom is -0.457 e. The average Bonchev–Trinajstić information content (AvgIpc) is 3.10. The van der Waals surface area contributed by atoms with Crippen LogP contribution >= 0.6 is 0 Å². The van der Waals surface area contributed by atoms with Gasteiger partial charge in [0.2, 0.25) is 5.78 Å². The number of carbonyl (C=O) groups excluding carboxylic acids is 4. The van der Waals surface area contributed by atoms with Gasteiger partial charge < -0.3 is 9.47 Å². The molecule has 0 spiro atoms. The maximum Gasteiger partial charge on any atom is 0.306 e. The van der Waals surface area contributed by atoms with Crippen molar-refractivity contribution in [1.82, 2.24) is 0 Å². The van der Waals surface area contributed by atoms with Gasteiger partial charge in [0, 0.05) is 24.7 Å². The predicted molar refractivity (Wildman–Crippen MR) is 141 cm³/mol. The number of Topliss-reactive ketones (excluding diaryl/α,β-unsaturated/α-hetero) is 1. The zero-order valence-electron chi connectivity index (χ0n) is 23.8. The largest absolute Gasteiger partial charge is 0.457 e. The van der Waals surface area contributed by atoms with Gasteiger partial charge in [0.25, 0.3) is 0 Å². The van der Waals surface area contributed by atoms with E-state index in [-0.39, 0.29) is 53.2 Å². The van der Waals surface area contributed by atoms with Gasteiger partial charge in [0.1, 0.15) is 0 Å². The monoisotopic (exact) mass is 514 g/mol. The Morgan fingerprint density at radius 3 is 2.30 bits per heavy atom. The third-order valence-corrected chi connectivity index (χ3v) is 11.8. The van der Waals surface area contributed by atoms with Gasteiger partial charge in [-0.3, -0.25) is 19.2 Å². The van der Waals surface area contributed by atoms with E-state index in [2.05, 4.69) is 27.7 Å². The molecule has 206 valence electrons. The lowest BCUT2D eigenvalue weighted by molar-refractivity contribution is -0.217. The van der Waals surface area contributed by atoms with Gasteiger partial charge in [-0.2, -0.15) is 0 Å². The lowest BCUT2D eigenvalue weighted by atomic mass is 9.36. The third-order valence-electron chi connectivity index (χ3n) is 11.8. The maximum atomic E-state index is 14.0. The number of fused-ring (bicyclic) bond motifs is 5. The Hall–Kier alpha value is -1.98. The Kier molecular flexibility index (Phi) is 7.31. The highest BCUT2D eigenvalue weighted by Crippen LogP contribution is 2.77. The van der Waals surface area contributed by atoms with Crippen LogP contribution in [0, 0.1) is 27.6 Å². The van der Waals surface area contributed by atoms with Gasteiger partial charge in [-0.25, -0.2) is 0 Å². The van der Waals surface area contributed by atoms with Crippen molar-refractivity contribution < 1.29 is 28.7 Å². The summed E-state index contributed by atoms with van der Waals surface area (Å²) in [5, 5.41) is 0. The molecule has 3 saturated carbocycles. The van der Waals surface area contributed by atoms with Gasteiger partial charge in [0.05, 0.1) is 0 Å². The second-order valence-corrected chi connectivity index (χ2v) is 13.1. The summed E-state index contributed by atoms with van der Waals surface area (Å²) < 4.78 is 11.6. The van der Waals surface area contributed by atoms with Crippen molar-refractivity contribution in [3.05, 3.63) is 11.6 Å². The number of unbranched alkanes of at least 4 members (excludes halogenated alkanes) is 1. The van der Waals surface area contributed by atoms with Crippen molar-refractivity contribution in [3.63, 3.8) is 0 Å². The van der Waals surface area contributed by atoms with E-state index in [1.807, 2.05) is 13.0 Å². The average molecular weight is 515 g/mol. The first-order chi connectivity index (χ1) is 17.3. The molecule has 0 bridgehead atoms. The van der Waals surface area contributed by atoms with E-state index in [1.165, 1.54) is 5.57 Å². The zero-order valence-corrected chi connectivity index (χ0v) is 23.8. The summed E-state index contributed by atoms with van der Waals surface area (Å²) >= 11 is 0. The van der Waals surface area contributed by atoms with E-state index in [9.17, 15) is 19.2 Å². The molecular weight excluding hydrogens is 468 g/mol. The summed E-state index contributed by atoms with van der Waals surface area (Å²) in [5.41, 5.74) is -0.840. The number of carbonyl (C=O) groups is 4. The summed E-state index contributed by atoms with van der Waals surface area (Å²) in [5.74, 6) is -0.458. The van der Waals surface area contributed by atoms with Crippen LogP contribution in [-0.2, 0) is 28.7 Å². The molecule has 0 aromatic heterocycles. The quantitative estimate of drug-likeness (QED) is 0.354. The number of ketones is 2.